The third-order valence-electron chi connectivity index (χ3n) is 3.04. The van der Waals surface area contributed by atoms with Crippen LogP contribution in [0.3, 0.4) is 0 Å². The molecule has 1 aromatic carbocycles. The van der Waals surface area contributed by atoms with Gasteiger partial charge in [-0.2, -0.15) is 0 Å². The standard InChI is InChI=1S/C14H22N2O2/c1-10(16-9-14(2,3)13(15)18)8-11-4-6-12(17)7-5-11/h4-7,10,16-17H,8-9H2,1-3H3,(H2,15,18). The molecule has 0 radical (unpaired) electrons. The van der Waals surface area contributed by atoms with Crippen molar-refractivity contribution in [3.8, 4) is 5.75 Å². The van der Waals surface area contributed by atoms with Crippen LogP contribution in [0, 0.1) is 5.41 Å². The molecule has 0 saturated heterocycles. The predicted octanol–water partition coefficient (Wildman–Crippen LogP) is 1.42. The van der Waals surface area contributed by atoms with Crippen LogP contribution in [0.25, 0.3) is 0 Å². The van der Waals surface area contributed by atoms with E-state index in [1.54, 1.807) is 12.1 Å². The van der Waals surface area contributed by atoms with Crippen LogP contribution in [0.5, 0.6) is 5.75 Å². The van der Waals surface area contributed by atoms with Crippen LogP contribution >= 0.6 is 0 Å². The van der Waals surface area contributed by atoms with Crippen LogP contribution in [0.1, 0.15) is 26.3 Å². The van der Waals surface area contributed by atoms with E-state index < -0.39 is 5.41 Å². The van der Waals surface area contributed by atoms with Crippen LogP contribution in [-0.2, 0) is 11.2 Å². The van der Waals surface area contributed by atoms with E-state index in [-0.39, 0.29) is 17.7 Å². The Morgan fingerprint density at radius 2 is 1.94 bits per heavy atom. The highest BCUT2D eigenvalue weighted by atomic mass is 16.3. The predicted molar refractivity (Wildman–Crippen MR) is 72.3 cm³/mol. The summed E-state index contributed by atoms with van der Waals surface area (Å²) in [4.78, 5) is 11.2. The van der Waals surface area contributed by atoms with Gasteiger partial charge in [0.2, 0.25) is 5.91 Å². The average Bonchev–Trinajstić information content (AvgIpc) is 2.29. The first-order valence-corrected chi connectivity index (χ1v) is 6.12. The lowest BCUT2D eigenvalue weighted by Gasteiger charge is -2.24. The van der Waals surface area contributed by atoms with Crippen molar-refractivity contribution in [2.45, 2.75) is 33.2 Å². The number of carbonyl (C=O) groups excluding carboxylic acids is 1. The Labute approximate surface area is 108 Å². The molecule has 0 aliphatic rings. The van der Waals surface area contributed by atoms with E-state index >= 15 is 0 Å². The van der Waals surface area contributed by atoms with E-state index in [1.165, 1.54) is 0 Å². The molecular weight excluding hydrogens is 228 g/mol. The summed E-state index contributed by atoms with van der Waals surface area (Å²) in [5.74, 6) is -0.0268. The second-order valence-electron chi connectivity index (χ2n) is 5.40. The molecule has 1 amide bonds. The van der Waals surface area contributed by atoms with Gasteiger partial charge in [-0.25, -0.2) is 0 Å². The number of nitrogens with two attached hydrogens (primary N) is 1. The van der Waals surface area contributed by atoms with Crippen LogP contribution in [0.15, 0.2) is 24.3 Å². The fraction of sp³-hybridized carbons (Fsp3) is 0.500. The number of aromatic hydroxyl groups is 1. The number of phenolic OH excluding ortho intramolecular Hbond substituents is 1. The molecule has 0 aliphatic carbocycles. The first kappa shape index (κ1) is 14.5. The van der Waals surface area contributed by atoms with Crippen molar-refractivity contribution in [3.05, 3.63) is 29.8 Å². The maximum absolute atomic E-state index is 11.2. The molecule has 4 N–H and O–H groups in total. The maximum atomic E-state index is 11.2. The molecule has 100 valence electrons. The molecule has 4 heteroatoms. The van der Waals surface area contributed by atoms with E-state index in [0.717, 1.165) is 12.0 Å². The van der Waals surface area contributed by atoms with E-state index in [1.807, 2.05) is 26.0 Å². The summed E-state index contributed by atoms with van der Waals surface area (Å²) >= 11 is 0. The van der Waals surface area contributed by atoms with Gasteiger partial charge >= 0.3 is 0 Å². The van der Waals surface area contributed by atoms with Crippen molar-refractivity contribution in [1.82, 2.24) is 5.32 Å². The van der Waals surface area contributed by atoms with Crippen molar-refractivity contribution in [2.24, 2.45) is 11.1 Å². The zero-order valence-corrected chi connectivity index (χ0v) is 11.2. The van der Waals surface area contributed by atoms with Crippen molar-refractivity contribution < 1.29 is 9.90 Å². The molecule has 1 rings (SSSR count). The SMILES string of the molecule is CC(Cc1ccc(O)cc1)NCC(C)(C)C(N)=O. The highest BCUT2D eigenvalue weighted by molar-refractivity contribution is 5.80. The Morgan fingerprint density at radius 3 is 2.44 bits per heavy atom. The maximum Gasteiger partial charge on any atom is 0.224 e. The third kappa shape index (κ3) is 4.37. The molecule has 18 heavy (non-hydrogen) atoms. The van der Waals surface area contributed by atoms with Crippen LogP contribution < -0.4 is 11.1 Å². The van der Waals surface area contributed by atoms with Gasteiger partial charge in [0, 0.05) is 12.6 Å². The highest BCUT2D eigenvalue weighted by Crippen LogP contribution is 2.14. The lowest BCUT2D eigenvalue weighted by molar-refractivity contribution is -0.125. The zero-order valence-electron chi connectivity index (χ0n) is 11.2. The number of carbonyl (C=O) groups is 1. The van der Waals surface area contributed by atoms with Gasteiger partial charge in [0.1, 0.15) is 5.75 Å². The number of amides is 1. The van der Waals surface area contributed by atoms with Crippen LogP contribution in [-0.4, -0.2) is 23.6 Å². The zero-order chi connectivity index (χ0) is 13.8. The largest absolute Gasteiger partial charge is 0.508 e. The number of hydrogen-bond donors (Lipinski definition) is 3. The molecule has 0 bridgehead atoms. The van der Waals surface area contributed by atoms with Crippen molar-refractivity contribution in [2.75, 3.05) is 6.54 Å². The van der Waals surface area contributed by atoms with Crippen LogP contribution in [0.2, 0.25) is 0 Å². The van der Waals surface area contributed by atoms with Gasteiger partial charge < -0.3 is 16.2 Å². The Hall–Kier alpha value is -1.55. The summed E-state index contributed by atoms with van der Waals surface area (Å²) in [6.07, 6.45) is 0.842. The first-order chi connectivity index (χ1) is 8.31. The minimum atomic E-state index is -0.538. The Morgan fingerprint density at radius 1 is 1.39 bits per heavy atom. The number of benzene rings is 1. The van der Waals surface area contributed by atoms with Crippen LogP contribution in [0.4, 0.5) is 0 Å². The second kappa shape index (κ2) is 5.87. The third-order valence-corrected chi connectivity index (χ3v) is 3.04. The molecule has 0 saturated carbocycles. The summed E-state index contributed by atoms with van der Waals surface area (Å²) in [5.41, 5.74) is 5.92. The van der Waals surface area contributed by atoms with Crippen molar-refractivity contribution in [1.29, 1.82) is 0 Å². The van der Waals surface area contributed by atoms with Gasteiger partial charge in [-0.15, -0.1) is 0 Å². The van der Waals surface area contributed by atoms with Gasteiger partial charge in [0.15, 0.2) is 0 Å². The van der Waals surface area contributed by atoms with Crippen molar-refractivity contribution >= 4 is 5.91 Å². The van der Waals surface area contributed by atoms with Gasteiger partial charge in [0.25, 0.3) is 0 Å². The molecule has 0 aliphatic heterocycles. The molecule has 4 nitrogen and oxygen atoms in total. The summed E-state index contributed by atoms with van der Waals surface area (Å²) in [6.45, 7) is 6.27. The van der Waals surface area contributed by atoms with Gasteiger partial charge in [-0.3, -0.25) is 4.79 Å². The summed E-state index contributed by atoms with van der Waals surface area (Å²) in [6, 6.07) is 7.39. The fourth-order valence-corrected chi connectivity index (χ4v) is 1.57. The van der Waals surface area contributed by atoms with Gasteiger partial charge in [0.05, 0.1) is 5.41 Å². The minimum Gasteiger partial charge on any atom is -0.508 e. The smallest absolute Gasteiger partial charge is 0.224 e. The number of rotatable bonds is 6. The fourth-order valence-electron chi connectivity index (χ4n) is 1.57. The number of hydrogen-bond acceptors (Lipinski definition) is 3. The topological polar surface area (TPSA) is 75.3 Å². The molecule has 1 aromatic rings. The quantitative estimate of drug-likeness (QED) is 0.715. The summed E-state index contributed by atoms with van der Waals surface area (Å²) in [7, 11) is 0. The Bertz CT molecular complexity index is 399. The van der Waals surface area contributed by atoms with Gasteiger partial charge in [-0.05, 0) is 44.9 Å². The highest BCUT2D eigenvalue weighted by Gasteiger charge is 2.24. The molecular formula is C14H22N2O2. The Balaban J connectivity index is 2.45. The Kier molecular flexibility index (Phi) is 4.73. The lowest BCUT2D eigenvalue weighted by Crippen LogP contribution is -2.43. The minimum absolute atomic E-state index is 0.244. The van der Waals surface area contributed by atoms with E-state index in [2.05, 4.69) is 12.2 Å². The molecule has 0 heterocycles. The summed E-state index contributed by atoms with van der Waals surface area (Å²) in [5, 5.41) is 12.5. The number of primary amides is 1. The van der Waals surface area contributed by atoms with E-state index in [0.29, 0.717) is 6.54 Å². The second-order valence-corrected chi connectivity index (χ2v) is 5.40. The number of nitrogens with one attached hydrogen (secondary N) is 1. The van der Waals surface area contributed by atoms with E-state index in [9.17, 15) is 9.90 Å². The normalized spacial score (nSPS) is 13.3. The summed E-state index contributed by atoms with van der Waals surface area (Å²) < 4.78 is 0. The van der Waals surface area contributed by atoms with E-state index in [4.69, 9.17) is 5.73 Å². The molecule has 0 aromatic heterocycles. The van der Waals surface area contributed by atoms with Crippen molar-refractivity contribution in [3.63, 3.8) is 0 Å². The molecule has 1 atom stereocenters. The average molecular weight is 250 g/mol. The van der Waals surface area contributed by atoms with Gasteiger partial charge in [-0.1, -0.05) is 12.1 Å². The monoisotopic (exact) mass is 250 g/mol. The first-order valence-electron chi connectivity index (χ1n) is 6.12. The molecule has 0 spiro atoms. The lowest BCUT2D eigenvalue weighted by atomic mass is 9.92. The molecule has 1 unspecified atom stereocenters. The molecule has 0 fully saturated rings. The number of phenols is 1.